The van der Waals surface area contributed by atoms with Crippen molar-refractivity contribution in [2.75, 3.05) is 20.1 Å². The molecule has 0 aliphatic carbocycles. The molecule has 2 aliphatic heterocycles. The number of carbonyl (C=O) groups excluding carboxylic acids is 3. The highest BCUT2D eigenvalue weighted by atomic mass is 16.3. The number of piperidine rings is 1. The molecule has 0 saturated carbocycles. The van der Waals surface area contributed by atoms with E-state index in [0.29, 0.717) is 38.6 Å². The van der Waals surface area contributed by atoms with Gasteiger partial charge in [0, 0.05) is 26.6 Å². The molecule has 2 unspecified atom stereocenters. The molecule has 1 saturated heterocycles. The normalized spacial score (nSPS) is 19.9. The molecule has 0 aromatic heterocycles. The van der Waals surface area contributed by atoms with Gasteiger partial charge >= 0.3 is 0 Å². The van der Waals surface area contributed by atoms with Gasteiger partial charge in [-0.3, -0.25) is 14.4 Å². The number of likely N-dealkylation sites (tertiary alicyclic amines) is 1. The van der Waals surface area contributed by atoms with Crippen molar-refractivity contribution in [3.05, 3.63) is 71.3 Å². The number of aliphatic hydroxyl groups excluding tert-OH is 1. The van der Waals surface area contributed by atoms with Crippen LogP contribution in [0.2, 0.25) is 0 Å². The van der Waals surface area contributed by atoms with Crippen LogP contribution < -0.4 is 11.1 Å². The number of hydrazone groups is 1. The molecule has 1 fully saturated rings. The van der Waals surface area contributed by atoms with Gasteiger partial charge in [-0.05, 0) is 56.2 Å². The van der Waals surface area contributed by atoms with Crippen molar-refractivity contribution in [1.29, 1.82) is 0 Å². The second-order valence-corrected chi connectivity index (χ2v) is 11.2. The first-order chi connectivity index (χ1) is 18.5. The number of benzene rings is 2. The zero-order chi connectivity index (χ0) is 28.2. The highest BCUT2D eigenvalue weighted by molar-refractivity contribution is 6.13. The number of carbonyl (C=O) groups is 3. The molecule has 0 spiro atoms. The molecule has 208 valence electrons. The van der Waals surface area contributed by atoms with Gasteiger partial charge in [0.1, 0.15) is 11.5 Å². The average molecular weight is 534 g/mol. The second-order valence-electron chi connectivity index (χ2n) is 11.2. The highest BCUT2D eigenvalue weighted by Crippen LogP contribution is 2.38. The Kier molecular flexibility index (Phi) is 8.51. The minimum absolute atomic E-state index is 0.0553. The SMILES string of the molecule is CN1N=C2CCN(C(=O)C(CCCc3ccccc3CO)NC(=O)C(C)(C)N)CC2(Cc2ccccc2)C1=O. The van der Waals surface area contributed by atoms with E-state index in [-0.39, 0.29) is 25.0 Å². The Morgan fingerprint density at radius 3 is 2.46 bits per heavy atom. The summed E-state index contributed by atoms with van der Waals surface area (Å²) in [5.41, 5.74) is 7.63. The van der Waals surface area contributed by atoms with Crippen molar-refractivity contribution in [1.82, 2.24) is 15.2 Å². The summed E-state index contributed by atoms with van der Waals surface area (Å²) >= 11 is 0. The summed E-state index contributed by atoms with van der Waals surface area (Å²) in [4.78, 5) is 42.0. The monoisotopic (exact) mass is 533 g/mol. The minimum Gasteiger partial charge on any atom is -0.392 e. The van der Waals surface area contributed by atoms with E-state index in [9.17, 15) is 19.5 Å². The number of hydrogen-bond donors (Lipinski definition) is 3. The van der Waals surface area contributed by atoms with E-state index in [2.05, 4.69) is 10.4 Å². The Bertz CT molecular complexity index is 1240. The number of nitrogens with one attached hydrogen (secondary N) is 1. The van der Waals surface area contributed by atoms with Gasteiger partial charge in [-0.2, -0.15) is 5.10 Å². The lowest BCUT2D eigenvalue weighted by molar-refractivity contribution is -0.142. The fraction of sp³-hybridized carbons (Fsp3) is 0.467. The second kappa shape index (κ2) is 11.7. The van der Waals surface area contributed by atoms with Gasteiger partial charge in [0.15, 0.2) is 0 Å². The Morgan fingerprint density at radius 2 is 1.79 bits per heavy atom. The van der Waals surface area contributed by atoms with Crippen molar-refractivity contribution in [2.45, 2.75) is 64.1 Å². The maximum absolute atomic E-state index is 14.0. The molecule has 2 aliphatic rings. The van der Waals surface area contributed by atoms with Gasteiger partial charge in [0.05, 0.1) is 17.9 Å². The summed E-state index contributed by atoms with van der Waals surface area (Å²) < 4.78 is 0. The summed E-state index contributed by atoms with van der Waals surface area (Å²) in [5, 5.41) is 18.5. The van der Waals surface area contributed by atoms with Crippen LogP contribution in [0, 0.1) is 5.41 Å². The topological polar surface area (TPSA) is 128 Å². The van der Waals surface area contributed by atoms with Crippen LogP contribution in [0.15, 0.2) is 59.7 Å². The van der Waals surface area contributed by atoms with Crippen molar-refractivity contribution < 1.29 is 19.5 Å². The molecule has 3 amide bonds. The molecule has 0 bridgehead atoms. The molecule has 2 aromatic rings. The molecule has 4 N–H and O–H groups in total. The van der Waals surface area contributed by atoms with E-state index >= 15 is 0 Å². The molecule has 39 heavy (non-hydrogen) atoms. The molecule has 4 rings (SSSR count). The number of aryl methyl sites for hydroxylation is 1. The number of fused-ring (bicyclic) bond motifs is 1. The standard InChI is InChI=1S/C30H39N5O4/c1-29(2,31)27(38)32-24(15-9-14-22-12-7-8-13-23(22)19-36)26(37)35-17-16-25-30(20-35,28(39)34(3)33-25)18-21-10-5-4-6-11-21/h4-8,10-13,24,36H,9,14-20,31H2,1-3H3,(H,32,38). The van der Waals surface area contributed by atoms with E-state index in [1.165, 1.54) is 5.01 Å². The van der Waals surface area contributed by atoms with E-state index in [1.807, 2.05) is 54.6 Å². The summed E-state index contributed by atoms with van der Waals surface area (Å²) in [6.45, 7) is 3.77. The lowest BCUT2D eigenvalue weighted by atomic mass is 9.73. The van der Waals surface area contributed by atoms with Gasteiger partial charge in [-0.25, -0.2) is 5.01 Å². The maximum Gasteiger partial charge on any atom is 0.256 e. The fourth-order valence-corrected chi connectivity index (χ4v) is 5.49. The van der Waals surface area contributed by atoms with E-state index in [4.69, 9.17) is 5.73 Å². The van der Waals surface area contributed by atoms with Crippen LogP contribution in [-0.2, 0) is 33.8 Å². The van der Waals surface area contributed by atoms with Crippen molar-refractivity contribution >= 4 is 23.4 Å². The van der Waals surface area contributed by atoms with Crippen LogP contribution in [-0.4, -0.2) is 70.2 Å². The van der Waals surface area contributed by atoms with Crippen LogP contribution in [0.3, 0.4) is 0 Å². The highest BCUT2D eigenvalue weighted by Gasteiger charge is 2.53. The van der Waals surface area contributed by atoms with Crippen LogP contribution >= 0.6 is 0 Å². The fourth-order valence-electron chi connectivity index (χ4n) is 5.49. The number of nitrogens with two attached hydrogens (primary N) is 1. The summed E-state index contributed by atoms with van der Waals surface area (Å²) in [6.07, 6.45) is 2.61. The third-order valence-corrected chi connectivity index (χ3v) is 7.68. The molecule has 2 aromatic carbocycles. The largest absolute Gasteiger partial charge is 0.392 e. The zero-order valence-corrected chi connectivity index (χ0v) is 23.0. The van der Waals surface area contributed by atoms with Gasteiger partial charge in [-0.1, -0.05) is 54.6 Å². The first kappa shape index (κ1) is 28.4. The lowest BCUT2D eigenvalue weighted by Gasteiger charge is -2.41. The summed E-state index contributed by atoms with van der Waals surface area (Å²) in [5.74, 6) is -0.758. The Morgan fingerprint density at radius 1 is 1.13 bits per heavy atom. The molecule has 9 nitrogen and oxygen atoms in total. The van der Waals surface area contributed by atoms with Gasteiger partial charge in [0.2, 0.25) is 11.8 Å². The van der Waals surface area contributed by atoms with E-state index < -0.39 is 22.9 Å². The third-order valence-electron chi connectivity index (χ3n) is 7.68. The van der Waals surface area contributed by atoms with Gasteiger partial charge < -0.3 is 21.1 Å². The van der Waals surface area contributed by atoms with Gasteiger partial charge in [-0.15, -0.1) is 0 Å². The first-order valence-corrected chi connectivity index (χ1v) is 13.5. The molecule has 0 radical (unpaired) electrons. The van der Waals surface area contributed by atoms with E-state index in [0.717, 1.165) is 22.4 Å². The molecular weight excluding hydrogens is 494 g/mol. The predicted octanol–water partition coefficient (Wildman–Crippen LogP) is 2.01. The third kappa shape index (κ3) is 6.20. The number of amides is 3. The Balaban J connectivity index is 1.55. The minimum atomic E-state index is -1.15. The van der Waals surface area contributed by atoms with Crippen LogP contribution in [0.4, 0.5) is 0 Å². The lowest BCUT2D eigenvalue weighted by Crippen LogP contribution is -2.60. The molecule has 2 atom stereocenters. The number of nitrogens with zero attached hydrogens (tertiary/aromatic N) is 3. The Labute approximate surface area is 230 Å². The number of aliphatic hydroxyl groups is 1. The van der Waals surface area contributed by atoms with E-state index in [1.54, 1.807) is 25.8 Å². The van der Waals surface area contributed by atoms with Crippen LogP contribution in [0.1, 0.15) is 49.8 Å². The van der Waals surface area contributed by atoms with Crippen LogP contribution in [0.5, 0.6) is 0 Å². The average Bonchev–Trinajstić information content (AvgIpc) is 3.16. The smallest absolute Gasteiger partial charge is 0.256 e. The van der Waals surface area contributed by atoms with Crippen molar-refractivity contribution in [3.63, 3.8) is 0 Å². The summed E-state index contributed by atoms with van der Waals surface area (Å²) in [6, 6.07) is 16.6. The van der Waals surface area contributed by atoms with Crippen molar-refractivity contribution in [2.24, 2.45) is 16.3 Å². The Hall–Kier alpha value is -3.56. The summed E-state index contributed by atoms with van der Waals surface area (Å²) in [7, 11) is 1.66. The molecule has 2 heterocycles. The first-order valence-electron chi connectivity index (χ1n) is 13.5. The number of rotatable bonds is 10. The quantitative estimate of drug-likeness (QED) is 0.430. The van der Waals surface area contributed by atoms with Gasteiger partial charge in [0.25, 0.3) is 5.91 Å². The van der Waals surface area contributed by atoms with Crippen LogP contribution in [0.25, 0.3) is 0 Å². The van der Waals surface area contributed by atoms with Crippen molar-refractivity contribution in [3.8, 4) is 0 Å². The zero-order valence-electron chi connectivity index (χ0n) is 23.0. The molecular formula is C30H39N5O4. The predicted molar refractivity (Wildman–Crippen MR) is 149 cm³/mol. The molecule has 9 heteroatoms. The maximum atomic E-state index is 14.0. The number of hydrogen-bond acceptors (Lipinski definition) is 6.